The third kappa shape index (κ3) is 14.8. The highest BCUT2D eigenvalue weighted by atomic mass is 16.6. The maximum atomic E-state index is 13.9. The number of amides is 6. The lowest BCUT2D eigenvalue weighted by Crippen LogP contribution is -2.60. The van der Waals surface area contributed by atoms with Gasteiger partial charge in [-0.05, 0) is 64.2 Å². The first-order valence-electron chi connectivity index (χ1n) is 19.3. The van der Waals surface area contributed by atoms with Crippen molar-refractivity contribution in [3.05, 3.63) is 24.3 Å². The van der Waals surface area contributed by atoms with Crippen molar-refractivity contribution in [1.82, 2.24) is 41.5 Å². The van der Waals surface area contributed by atoms with Crippen LogP contribution in [0.1, 0.15) is 123 Å². The van der Waals surface area contributed by atoms with Gasteiger partial charge in [0.2, 0.25) is 17.7 Å². The molecule has 16 nitrogen and oxygen atoms in total. The molecule has 3 rings (SSSR count). The van der Waals surface area contributed by atoms with Gasteiger partial charge >= 0.3 is 6.09 Å². The summed E-state index contributed by atoms with van der Waals surface area (Å²) < 4.78 is 5.57. The molecule has 16 heteroatoms. The van der Waals surface area contributed by atoms with Gasteiger partial charge in [0.25, 0.3) is 11.8 Å². The number of ether oxygens (including phenoxy) is 1. The molecule has 3 unspecified atom stereocenters. The molecule has 2 aliphatic carbocycles. The van der Waals surface area contributed by atoms with E-state index in [0.29, 0.717) is 12.8 Å². The largest absolute Gasteiger partial charge is 0.444 e. The van der Waals surface area contributed by atoms with E-state index in [1.807, 2.05) is 27.7 Å². The van der Waals surface area contributed by atoms with Crippen LogP contribution in [0.25, 0.3) is 0 Å². The number of hydrogen-bond acceptors (Lipinski definition) is 10. The second-order valence-corrected chi connectivity index (χ2v) is 16.4. The van der Waals surface area contributed by atoms with E-state index in [2.05, 4.69) is 36.6 Å². The highest BCUT2D eigenvalue weighted by Gasteiger charge is 2.38. The number of carbonyl (C=O) groups excluding carboxylic acids is 6. The number of nitrogens with zero attached hydrogens (tertiary/aromatic N) is 3. The summed E-state index contributed by atoms with van der Waals surface area (Å²) in [5.74, 6) is -2.60. The fraction of sp³-hybridized carbons (Fsp3) is 0.737. The van der Waals surface area contributed by atoms with Gasteiger partial charge in [-0.1, -0.05) is 53.4 Å². The monoisotopic (exact) mass is 758 g/mol. The van der Waals surface area contributed by atoms with E-state index in [4.69, 9.17) is 4.74 Å². The smallest absolute Gasteiger partial charge is 0.410 e. The van der Waals surface area contributed by atoms with E-state index < -0.39 is 70.9 Å². The topological polar surface area (TPSA) is 221 Å². The van der Waals surface area contributed by atoms with Crippen molar-refractivity contribution in [2.45, 2.75) is 149 Å². The molecular formula is C38H62N8O8. The van der Waals surface area contributed by atoms with Crippen LogP contribution in [0.4, 0.5) is 4.79 Å². The first kappa shape index (κ1) is 44.1. The molecule has 1 aromatic heterocycles. The predicted molar refractivity (Wildman–Crippen MR) is 201 cm³/mol. The van der Waals surface area contributed by atoms with Crippen LogP contribution in [0.5, 0.6) is 0 Å². The van der Waals surface area contributed by atoms with E-state index in [-0.39, 0.29) is 43.7 Å². The Morgan fingerprint density at radius 3 is 2.15 bits per heavy atom. The van der Waals surface area contributed by atoms with Gasteiger partial charge in [-0.3, -0.25) is 29.0 Å². The maximum absolute atomic E-state index is 13.9. The zero-order valence-electron chi connectivity index (χ0n) is 33.0. The summed E-state index contributed by atoms with van der Waals surface area (Å²) in [6, 6.07) is -2.62. The lowest BCUT2D eigenvalue weighted by atomic mass is 9.82. The highest BCUT2D eigenvalue weighted by molar-refractivity contribution is 5.97. The molecule has 0 saturated heterocycles. The van der Waals surface area contributed by atoms with E-state index in [9.17, 15) is 33.9 Å². The van der Waals surface area contributed by atoms with Gasteiger partial charge < -0.3 is 41.3 Å². The first-order valence-corrected chi connectivity index (χ1v) is 19.3. The molecule has 54 heavy (non-hydrogen) atoms. The van der Waals surface area contributed by atoms with Gasteiger partial charge in [-0.25, -0.2) is 9.78 Å². The third-order valence-corrected chi connectivity index (χ3v) is 9.36. The van der Waals surface area contributed by atoms with Crippen LogP contribution < -0.4 is 26.6 Å². The molecule has 4 atom stereocenters. The molecule has 0 radical (unpaired) electrons. The van der Waals surface area contributed by atoms with Gasteiger partial charge in [-0.2, -0.15) is 0 Å². The van der Waals surface area contributed by atoms with Gasteiger partial charge in [0.05, 0.1) is 12.2 Å². The molecule has 1 aromatic rings. The zero-order chi connectivity index (χ0) is 40.1. The molecule has 1 heterocycles. The number of aliphatic hydroxyl groups excluding tert-OH is 1. The molecule has 0 bridgehead atoms. The summed E-state index contributed by atoms with van der Waals surface area (Å²) in [5, 5.41) is 24.7. The Balaban J connectivity index is 1.65. The number of nitrogens with one attached hydrogen (secondary N) is 5. The molecule has 0 spiro atoms. The number of aliphatic hydroxyl groups is 1. The summed E-state index contributed by atoms with van der Waals surface area (Å²) in [7, 11) is 0. The molecule has 0 aromatic carbocycles. The van der Waals surface area contributed by atoms with E-state index in [1.165, 1.54) is 23.5 Å². The summed E-state index contributed by atoms with van der Waals surface area (Å²) in [6.45, 7) is 12.4. The van der Waals surface area contributed by atoms with Crippen molar-refractivity contribution >= 4 is 35.6 Å². The van der Waals surface area contributed by atoms with Crippen LogP contribution in [0.15, 0.2) is 18.6 Å². The third-order valence-electron chi connectivity index (χ3n) is 9.36. The Kier molecular flexibility index (Phi) is 16.6. The number of carbonyl (C=O) groups is 6. The van der Waals surface area contributed by atoms with Crippen molar-refractivity contribution in [3.63, 3.8) is 0 Å². The van der Waals surface area contributed by atoms with Crippen molar-refractivity contribution in [3.8, 4) is 0 Å². The number of hydrogen-bond donors (Lipinski definition) is 6. The van der Waals surface area contributed by atoms with E-state index in [0.717, 1.165) is 44.9 Å². The fourth-order valence-corrected chi connectivity index (χ4v) is 6.27. The molecule has 2 fully saturated rings. The Bertz CT molecular complexity index is 1420. The molecule has 302 valence electrons. The SMILES string of the molecule is CCCC(NC(=O)CCN(CCNC(=O)C(NC(=O)[C@@H](NC(=O)c1cnccn1)C1CCCCC1)C(C)(C)C)C(=O)OC(C)(C)C)C(O)C(=O)NC1CC1. The number of rotatable bonds is 18. The maximum Gasteiger partial charge on any atom is 0.410 e. The van der Waals surface area contributed by atoms with Crippen molar-refractivity contribution < 1.29 is 38.6 Å². The van der Waals surface area contributed by atoms with E-state index >= 15 is 0 Å². The lowest BCUT2D eigenvalue weighted by Gasteiger charge is -2.35. The fourth-order valence-electron chi connectivity index (χ4n) is 6.27. The van der Waals surface area contributed by atoms with Crippen molar-refractivity contribution in [2.24, 2.45) is 11.3 Å². The minimum atomic E-state index is -1.41. The van der Waals surface area contributed by atoms with Gasteiger partial charge in [0.15, 0.2) is 6.10 Å². The molecule has 0 aliphatic heterocycles. The molecule has 2 saturated carbocycles. The molecule has 6 amide bonds. The molecule has 6 N–H and O–H groups in total. The van der Waals surface area contributed by atoms with Gasteiger partial charge in [-0.15, -0.1) is 0 Å². The van der Waals surface area contributed by atoms with Crippen LogP contribution >= 0.6 is 0 Å². The summed E-state index contributed by atoms with van der Waals surface area (Å²) in [4.78, 5) is 88.7. The minimum Gasteiger partial charge on any atom is -0.444 e. The minimum absolute atomic E-state index is 0.0115. The van der Waals surface area contributed by atoms with Crippen LogP contribution in [0.2, 0.25) is 0 Å². The summed E-state index contributed by atoms with van der Waals surface area (Å²) in [5.41, 5.74) is -1.48. The second-order valence-electron chi connectivity index (χ2n) is 16.4. The normalized spacial score (nSPS) is 17.2. The summed E-state index contributed by atoms with van der Waals surface area (Å²) in [6.07, 6.45) is 9.06. The summed E-state index contributed by atoms with van der Waals surface area (Å²) >= 11 is 0. The molecular weight excluding hydrogens is 696 g/mol. The second kappa shape index (κ2) is 20.4. The highest BCUT2D eigenvalue weighted by Crippen LogP contribution is 2.28. The van der Waals surface area contributed by atoms with Crippen molar-refractivity contribution in [1.29, 1.82) is 0 Å². The van der Waals surface area contributed by atoms with Crippen LogP contribution in [0, 0.1) is 11.3 Å². The Hall–Kier alpha value is -4.34. The van der Waals surface area contributed by atoms with Crippen LogP contribution in [-0.2, 0) is 23.9 Å². The lowest BCUT2D eigenvalue weighted by molar-refractivity contribution is -0.133. The van der Waals surface area contributed by atoms with Crippen LogP contribution in [-0.4, -0.2) is 111 Å². The number of aromatic nitrogens is 2. The Labute approximate surface area is 319 Å². The van der Waals surface area contributed by atoms with E-state index in [1.54, 1.807) is 20.8 Å². The Morgan fingerprint density at radius 2 is 1.57 bits per heavy atom. The predicted octanol–water partition coefficient (Wildman–Crippen LogP) is 2.35. The molecule has 2 aliphatic rings. The first-order chi connectivity index (χ1) is 25.4. The quantitative estimate of drug-likeness (QED) is 0.128. The Morgan fingerprint density at radius 1 is 0.889 bits per heavy atom. The average Bonchev–Trinajstić information content (AvgIpc) is 3.93. The van der Waals surface area contributed by atoms with Crippen LogP contribution in [0.3, 0.4) is 0 Å². The van der Waals surface area contributed by atoms with Gasteiger partial charge in [0.1, 0.15) is 23.4 Å². The van der Waals surface area contributed by atoms with Crippen molar-refractivity contribution in [2.75, 3.05) is 19.6 Å². The standard InChI is InChI=1S/C38H62N8O8/c1-8-12-26(30(48)34(51)42-25-15-16-25)43-28(47)17-21-46(36(53)54-38(5,6)7)22-20-41-35(52)31(37(2,3)4)45-33(50)29(24-13-10-9-11-14-24)44-32(49)27-23-39-18-19-40-27/h18-19,23-26,29-31,48H,8-17,20-22H2,1-7H3,(H,41,52)(H,42,51)(H,43,47)(H,44,49)(H,45,50)/t26?,29-,30?,31?/m0/s1. The van der Waals surface area contributed by atoms with Gasteiger partial charge in [0, 0.05) is 44.5 Å². The average molecular weight is 759 g/mol. The zero-order valence-corrected chi connectivity index (χ0v) is 33.0.